The van der Waals surface area contributed by atoms with Crippen molar-refractivity contribution in [1.29, 1.82) is 0 Å². The van der Waals surface area contributed by atoms with Gasteiger partial charge in [-0.05, 0) is 24.8 Å². The summed E-state index contributed by atoms with van der Waals surface area (Å²) in [5, 5.41) is 7.74. The van der Waals surface area contributed by atoms with Crippen LogP contribution in [-0.4, -0.2) is 21.3 Å². The van der Waals surface area contributed by atoms with Gasteiger partial charge >= 0.3 is 0 Å². The van der Waals surface area contributed by atoms with E-state index in [0.717, 1.165) is 31.4 Å². The van der Waals surface area contributed by atoms with Crippen LogP contribution >= 0.6 is 0 Å². The molecule has 0 atom stereocenters. The summed E-state index contributed by atoms with van der Waals surface area (Å²) in [7, 11) is 0. The van der Waals surface area contributed by atoms with Crippen LogP contribution < -0.4 is 5.32 Å². The van der Waals surface area contributed by atoms with Gasteiger partial charge in [0.1, 0.15) is 12.2 Å². The molecule has 1 heterocycles. The van der Waals surface area contributed by atoms with Crippen LogP contribution in [0.2, 0.25) is 0 Å². The monoisotopic (exact) mass is 236 g/mol. The molecule has 1 saturated carbocycles. The Morgan fingerprint density at radius 1 is 1.47 bits per heavy atom. The van der Waals surface area contributed by atoms with Crippen molar-refractivity contribution in [2.45, 2.75) is 52.6 Å². The molecule has 96 valence electrons. The molecule has 4 nitrogen and oxygen atoms in total. The first kappa shape index (κ1) is 12.6. The molecule has 1 aliphatic carbocycles. The maximum absolute atomic E-state index is 4.31. The van der Waals surface area contributed by atoms with Gasteiger partial charge in [-0.2, -0.15) is 5.10 Å². The smallest absolute Gasteiger partial charge is 0.140 e. The van der Waals surface area contributed by atoms with Crippen molar-refractivity contribution in [2.24, 2.45) is 11.8 Å². The van der Waals surface area contributed by atoms with Gasteiger partial charge in [0.25, 0.3) is 0 Å². The summed E-state index contributed by atoms with van der Waals surface area (Å²) < 4.78 is 2.01. The summed E-state index contributed by atoms with van der Waals surface area (Å²) in [6.07, 6.45) is 7.29. The van der Waals surface area contributed by atoms with Gasteiger partial charge in [-0.25, -0.2) is 9.67 Å². The summed E-state index contributed by atoms with van der Waals surface area (Å²) >= 11 is 0. The first-order chi connectivity index (χ1) is 8.25. The fourth-order valence-corrected chi connectivity index (χ4v) is 2.21. The summed E-state index contributed by atoms with van der Waals surface area (Å²) in [6, 6.07) is 0. The molecule has 4 heteroatoms. The molecule has 1 aliphatic rings. The average Bonchev–Trinajstić information content (AvgIpc) is 2.62. The van der Waals surface area contributed by atoms with Crippen LogP contribution in [0.3, 0.4) is 0 Å². The molecule has 0 radical (unpaired) electrons. The number of hydrogen-bond acceptors (Lipinski definition) is 3. The highest BCUT2D eigenvalue weighted by Crippen LogP contribution is 2.28. The zero-order valence-electron chi connectivity index (χ0n) is 11.0. The molecule has 0 unspecified atom stereocenters. The molecule has 1 aromatic rings. The Morgan fingerprint density at radius 2 is 2.29 bits per heavy atom. The summed E-state index contributed by atoms with van der Waals surface area (Å²) in [6.45, 7) is 7.32. The van der Waals surface area contributed by atoms with E-state index >= 15 is 0 Å². The van der Waals surface area contributed by atoms with E-state index in [-0.39, 0.29) is 0 Å². The third-order valence-corrected chi connectivity index (χ3v) is 3.47. The van der Waals surface area contributed by atoms with E-state index in [0.29, 0.717) is 5.92 Å². The minimum atomic E-state index is 0.616. The molecule has 0 saturated heterocycles. The third kappa shape index (κ3) is 3.80. The van der Waals surface area contributed by atoms with Gasteiger partial charge in [-0.3, -0.25) is 0 Å². The Hall–Kier alpha value is -0.900. The van der Waals surface area contributed by atoms with Crippen molar-refractivity contribution < 1.29 is 0 Å². The average molecular weight is 236 g/mol. The lowest BCUT2D eigenvalue weighted by molar-refractivity contribution is 0.291. The van der Waals surface area contributed by atoms with Crippen LogP contribution in [0.1, 0.15) is 45.4 Å². The minimum absolute atomic E-state index is 0.616. The van der Waals surface area contributed by atoms with Crippen molar-refractivity contribution in [3.63, 3.8) is 0 Å². The zero-order chi connectivity index (χ0) is 12.1. The lowest BCUT2D eigenvalue weighted by Crippen LogP contribution is -2.23. The van der Waals surface area contributed by atoms with Crippen molar-refractivity contribution >= 4 is 0 Å². The molecule has 1 fully saturated rings. The molecule has 0 amide bonds. The second-order valence-corrected chi connectivity index (χ2v) is 5.51. The van der Waals surface area contributed by atoms with Crippen molar-refractivity contribution in [3.8, 4) is 0 Å². The second kappa shape index (κ2) is 6.15. The van der Waals surface area contributed by atoms with Crippen LogP contribution in [-0.2, 0) is 13.1 Å². The van der Waals surface area contributed by atoms with E-state index in [2.05, 4.69) is 29.2 Å². The van der Waals surface area contributed by atoms with E-state index in [4.69, 9.17) is 0 Å². The molecule has 0 bridgehead atoms. The largest absolute Gasteiger partial charge is 0.310 e. The molecule has 0 aromatic carbocycles. The van der Waals surface area contributed by atoms with Gasteiger partial charge in [0.2, 0.25) is 0 Å². The summed E-state index contributed by atoms with van der Waals surface area (Å²) in [5.74, 6) is 2.66. The fraction of sp³-hybridized carbons (Fsp3) is 0.846. The Bertz CT molecular complexity index is 328. The van der Waals surface area contributed by atoms with E-state index in [1.54, 1.807) is 6.33 Å². The zero-order valence-corrected chi connectivity index (χ0v) is 11.0. The first-order valence-electron chi connectivity index (χ1n) is 6.83. The van der Waals surface area contributed by atoms with Crippen molar-refractivity contribution in [3.05, 3.63) is 12.2 Å². The lowest BCUT2D eigenvalue weighted by Gasteiger charge is -2.25. The van der Waals surface area contributed by atoms with Gasteiger partial charge in [0.05, 0.1) is 6.54 Å². The SMILES string of the molecule is CC(C)Cn1ncnc1CNCCC1CCC1. The predicted octanol–water partition coefficient (Wildman–Crippen LogP) is 2.21. The number of nitrogens with zero attached hydrogens (tertiary/aromatic N) is 3. The van der Waals surface area contributed by atoms with E-state index < -0.39 is 0 Å². The number of nitrogens with one attached hydrogen (secondary N) is 1. The Morgan fingerprint density at radius 3 is 2.94 bits per heavy atom. The fourth-order valence-electron chi connectivity index (χ4n) is 2.21. The quantitative estimate of drug-likeness (QED) is 0.738. The van der Waals surface area contributed by atoms with Crippen LogP contribution in [0.5, 0.6) is 0 Å². The maximum atomic E-state index is 4.31. The van der Waals surface area contributed by atoms with Gasteiger partial charge in [0, 0.05) is 6.54 Å². The van der Waals surface area contributed by atoms with E-state index in [1.165, 1.54) is 25.7 Å². The molecular weight excluding hydrogens is 212 g/mol. The van der Waals surface area contributed by atoms with Crippen LogP contribution in [0.25, 0.3) is 0 Å². The maximum Gasteiger partial charge on any atom is 0.140 e. The molecule has 1 aromatic heterocycles. The summed E-state index contributed by atoms with van der Waals surface area (Å²) in [5.41, 5.74) is 0. The normalized spacial score (nSPS) is 16.4. The highest BCUT2D eigenvalue weighted by Gasteiger charge is 2.16. The number of hydrogen-bond donors (Lipinski definition) is 1. The lowest BCUT2D eigenvalue weighted by atomic mass is 9.83. The van der Waals surface area contributed by atoms with Crippen molar-refractivity contribution in [1.82, 2.24) is 20.1 Å². The third-order valence-electron chi connectivity index (χ3n) is 3.47. The number of rotatable bonds is 7. The van der Waals surface area contributed by atoms with Crippen LogP contribution in [0.15, 0.2) is 6.33 Å². The van der Waals surface area contributed by atoms with Crippen LogP contribution in [0.4, 0.5) is 0 Å². The highest BCUT2D eigenvalue weighted by molar-refractivity contribution is 4.84. The Labute approximate surface area is 104 Å². The highest BCUT2D eigenvalue weighted by atomic mass is 15.3. The minimum Gasteiger partial charge on any atom is -0.310 e. The molecule has 17 heavy (non-hydrogen) atoms. The van der Waals surface area contributed by atoms with Gasteiger partial charge in [-0.1, -0.05) is 33.1 Å². The topological polar surface area (TPSA) is 42.7 Å². The molecule has 1 N–H and O–H groups in total. The van der Waals surface area contributed by atoms with Gasteiger partial charge in [-0.15, -0.1) is 0 Å². The molecule has 2 rings (SSSR count). The standard InChI is InChI=1S/C13H24N4/c1-11(2)9-17-13(15-10-16-17)8-14-7-6-12-4-3-5-12/h10-12,14H,3-9H2,1-2H3. The van der Waals surface area contributed by atoms with E-state index in [9.17, 15) is 0 Å². The number of aromatic nitrogens is 3. The second-order valence-electron chi connectivity index (χ2n) is 5.51. The Balaban J connectivity index is 1.68. The van der Waals surface area contributed by atoms with Crippen molar-refractivity contribution in [2.75, 3.05) is 6.54 Å². The van der Waals surface area contributed by atoms with Crippen LogP contribution in [0, 0.1) is 11.8 Å². The summed E-state index contributed by atoms with van der Waals surface area (Å²) in [4.78, 5) is 4.31. The molecular formula is C13H24N4. The van der Waals surface area contributed by atoms with E-state index in [1.807, 2.05) is 4.68 Å². The Kier molecular flexibility index (Phi) is 4.54. The molecule has 0 spiro atoms. The first-order valence-corrected chi connectivity index (χ1v) is 6.83. The molecule has 0 aliphatic heterocycles. The van der Waals surface area contributed by atoms with Gasteiger partial charge < -0.3 is 5.32 Å². The predicted molar refractivity (Wildman–Crippen MR) is 68.5 cm³/mol. The van der Waals surface area contributed by atoms with Gasteiger partial charge in [0.15, 0.2) is 0 Å².